The first kappa shape index (κ1) is 31.9. The van der Waals surface area contributed by atoms with Crippen molar-refractivity contribution in [3.8, 4) is 0 Å². The van der Waals surface area contributed by atoms with Gasteiger partial charge in [0.15, 0.2) is 0 Å². The van der Waals surface area contributed by atoms with Gasteiger partial charge in [-0.15, -0.1) is 0 Å². The van der Waals surface area contributed by atoms with E-state index in [0.717, 1.165) is 36.7 Å². The Balaban J connectivity index is 1.72. The van der Waals surface area contributed by atoms with Gasteiger partial charge in [-0.1, -0.05) is 46.3 Å². The van der Waals surface area contributed by atoms with Gasteiger partial charge in [-0.3, -0.25) is 28.2 Å². The van der Waals surface area contributed by atoms with Crippen LogP contribution in [0.5, 0.6) is 0 Å². The average Bonchev–Trinajstić information content (AvgIpc) is 3.27. The number of ether oxygens (including phenoxy) is 2. The zero-order valence-corrected chi connectivity index (χ0v) is 24.4. The maximum atomic E-state index is 13.6. The first-order valence-electron chi connectivity index (χ1n) is 12.3. The summed E-state index contributed by atoms with van der Waals surface area (Å²) in [5.74, 6) is -0.653. The molecule has 1 saturated carbocycles. The molecule has 0 spiro atoms. The van der Waals surface area contributed by atoms with Crippen LogP contribution in [0.1, 0.15) is 57.2 Å². The van der Waals surface area contributed by atoms with Gasteiger partial charge in [-0.25, -0.2) is 14.4 Å². The van der Waals surface area contributed by atoms with Crippen LogP contribution < -0.4 is 16.3 Å². The number of rotatable bonds is 11. The number of nitrogens with one attached hydrogen (secondary N) is 2. The highest BCUT2D eigenvalue weighted by atomic mass is 35.6. The van der Waals surface area contributed by atoms with Gasteiger partial charge in [-0.2, -0.15) is 0 Å². The number of aromatic nitrogens is 2. The van der Waals surface area contributed by atoms with Crippen LogP contribution in [0.3, 0.4) is 0 Å². The van der Waals surface area contributed by atoms with Crippen LogP contribution in [0.2, 0.25) is 0 Å². The molecule has 3 rings (SSSR count). The highest BCUT2D eigenvalue weighted by Gasteiger charge is 2.40. The molecule has 0 bridgehead atoms. The predicted molar refractivity (Wildman–Crippen MR) is 143 cm³/mol. The molecule has 14 nitrogen and oxygen atoms in total. The predicted octanol–water partition coefficient (Wildman–Crippen LogP) is 4.18. The summed E-state index contributed by atoms with van der Waals surface area (Å²) >= 11 is 17.3. The molecule has 39 heavy (non-hydrogen) atoms. The summed E-state index contributed by atoms with van der Waals surface area (Å²) in [6, 6.07) is -1.95. The number of alkyl halides is 3. The molecular formula is C21H30Cl3N6O8P. The summed E-state index contributed by atoms with van der Waals surface area (Å²) in [7, 11) is -4.33. The Bertz CT molecular complexity index is 1230. The number of esters is 1. The van der Waals surface area contributed by atoms with E-state index in [4.69, 9.17) is 58.9 Å². The lowest BCUT2D eigenvalue weighted by molar-refractivity contribution is -0.152. The van der Waals surface area contributed by atoms with Crippen molar-refractivity contribution in [3.05, 3.63) is 43.0 Å². The van der Waals surface area contributed by atoms with Gasteiger partial charge in [0.1, 0.15) is 25.0 Å². The summed E-state index contributed by atoms with van der Waals surface area (Å²) in [4.78, 5) is 41.7. The van der Waals surface area contributed by atoms with Crippen LogP contribution in [0, 0.1) is 6.92 Å². The zero-order valence-electron chi connectivity index (χ0n) is 21.3. The molecule has 1 aliphatic carbocycles. The molecule has 5 atom stereocenters. The zero-order chi connectivity index (χ0) is 28.8. The van der Waals surface area contributed by atoms with E-state index in [1.807, 2.05) is 0 Å². The molecule has 18 heteroatoms. The standard InChI is InChI=1S/C21H30Cl3N6O8P/c1-12-9-30(20(33)26-18(12)31)17-8-15(27-29-25)16(38-17)10-35-39(34,36-11-21(22,23)24)28-13(2)19(32)37-14-6-4-3-5-7-14/h9,13-17H,3-8,10-11H2,1-2H3,(H,28,34)(H,26,31,33)/t13-,15-,16+,17+,39?/m0/s1. The third-order valence-corrected chi connectivity index (χ3v) is 8.20. The highest BCUT2D eigenvalue weighted by Crippen LogP contribution is 2.47. The number of H-pyrrole nitrogens is 1. The van der Waals surface area contributed by atoms with Gasteiger partial charge in [0, 0.05) is 23.1 Å². The second-order valence-electron chi connectivity index (χ2n) is 9.35. The number of carbonyl (C=O) groups is 1. The van der Waals surface area contributed by atoms with Crippen LogP contribution >= 0.6 is 42.5 Å². The average molecular weight is 632 g/mol. The van der Waals surface area contributed by atoms with Crippen molar-refractivity contribution >= 4 is 48.5 Å². The molecule has 2 heterocycles. The van der Waals surface area contributed by atoms with Crippen LogP contribution in [0.4, 0.5) is 0 Å². The Kier molecular flexibility index (Phi) is 11.3. The normalized spacial score (nSPS) is 24.5. The summed E-state index contributed by atoms with van der Waals surface area (Å²) in [5.41, 5.74) is 8.01. The summed E-state index contributed by atoms with van der Waals surface area (Å²) < 4.78 is 35.0. The van der Waals surface area contributed by atoms with E-state index in [-0.39, 0.29) is 18.1 Å². The van der Waals surface area contributed by atoms with Crippen molar-refractivity contribution < 1.29 is 27.9 Å². The molecule has 2 aliphatic rings. The minimum absolute atomic E-state index is 0.0559. The molecular weight excluding hydrogens is 602 g/mol. The smallest absolute Gasteiger partial charge is 0.406 e. The molecule has 1 saturated heterocycles. The summed E-state index contributed by atoms with van der Waals surface area (Å²) in [5, 5.41) is 6.19. The van der Waals surface area contributed by atoms with Gasteiger partial charge in [0.05, 0.1) is 18.8 Å². The molecule has 1 aromatic rings. The largest absolute Gasteiger partial charge is 0.461 e. The first-order chi connectivity index (χ1) is 18.3. The lowest BCUT2D eigenvalue weighted by Crippen LogP contribution is -2.38. The van der Waals surface area contributed by atoms with E-state index in [1.54, 1.807) is 0 Å². The SMILES string of the molecule is Cc1cn([C@H]2C[C@H](N=[N+]=[N-])[C@@H](COP(=O)(N[C@@H](C)C(=O)OC3CCCCC3)OCC(Cl)(Cl)Cl)O2)c(=O)[nH]c1=O. The number of nitrogens with zero attached hydrogens (tertiary/aromatic N) is 4. The molecule has 1 aliphatic heterocycles. The second kappa shape index (κ2) is 13.8. The maximum absolute atomic E-state index is 13.6. The summed E-state index contributed by atoms with van der Waals surface area (Å²) in [6.45, 7) is 1.84. The lowest BCUT2D eigenvalue weighted by atomic mass is 9.98. The number of carbonyl (C=O) groups excluding carboxylic acids is 1. The lowest BCUT2D eigenvalue weighted by Gasteiger charge is -2.27. The van der Waals surface area contributed by atoms with E-state index >= 15 is 0 Å². The van der Waals surface area contributed by atoms with Crippen molar-refractivity contribution in [2.45, 2.75) is 86.7 Å². The first-order valence-corrected chi connectivity index (χ1v) is 14.9. The quantitative estimate of drug-likeness (QED) is 0.0902. The Morgan fingerprint density at radius 3 is 2.67 bits per heavy atom. The van der Waals surface area contributed by atoms with Crippen molar-refractivity contribution in [1.29, 1.82) is 0 Å². The fourth-order valence-electron chi connectivity index (χ4n) is 4.20. The topological polar surface area (TPSA) is 187 Å². The van der Waals surface area contributed by atoms with Crippen LogP contribution in [-0.4, -0.2) is 56.8 Å². The Morgan fingerprint density at radius 1 is 1.33 bits per heavy atom. The van der Waals surface area contributed by atoms with Crippen LogP contribution in [-0.2, 0) is 27.9 Å². The Labute approximate surface area is 238 Å². The molecule has 2 fully saturated rings. The summed E-state index contributed by atoms with van der Waals surface area (Å²) in [6.07, 6.45) is 3.71. The molecule has 0 radical (unpaired) electrons. The fourth-order valence-corrected chi connectivity index (χ4v) is 6.11. The van der Waals surface area contributed by atoms with Gasteiger partial charge in [-0.05, 0) is 45.1 Å². The van der Waals surface area contributed by atoms with E-state index in [0.29, 0.717) is 0 Å². The van der Waals surface area contributed by atoms with E-state index < -0.39 is 66.4 Å². The van der Waals surface area contributed by atoms with Crippen LogP contribution in [0.25, 0.3) is 10.4 Å². The van der Waals surface area contributed by atoms with E-state index in [1.165, 1.54) is 20.0 Å². The van der Waals surface area contributed by atoms with Crippen LogP contribution in [0.15, 0.2) is 20.9 Å². The second-order valence-corrected chi connectivity index (χ2v) is 13.6. The van der Waals surface area contributed by atoms with Gasteiger partial charge < -0.3 is 9.47 Å². The van der Waals surface area contributed by atoms with E-state index in [2.05, 4.69) is 20.1 Å². The number of azide groups is 1. The van der Waals surface area contributed by atoms with Crippen molar-refractivity contribution in [2.24, 2.45) is 5.11 Å². The minimum Gasteiger partial charge on any atom is -0.461 e. The number of aromatic amines is 1. The highest BCUT2D eigenvalue weighted by molar-refractivity contribution is 7.51. The number of hydrogen-bond acceptors (Lipinski definition) is 9. The molecule has 0 amide bonds. The molecule has 1 aromatic heterocycles. The fraction of sp³-hybridized carbons (Fsp3) is 0.762. The van der Waals surface area contributed by atoms with Crippen molar-refractivity contribution in [3.63, 3.8) is 0 Å². The molecule has 218 valence electrons. The Morgan fingerprint density at radius 2 is 2.03 bits per heavy atom. The number of hydrogen-bond donors (Lipinski definition) is 2. The van der Waals surface area contributed by atoms with Gasteiger partial charge in [0.2, 0.25) is 3.79 Å². The molecule has 1 unspecified atom stereocenters. The molecule has 0 aromatic carbocycles. The third kappa shape index (κ3) is 9.48. The monoisotopic (exact) mass is 630 g/mol. The van der Waals surface area contributed by atoms with E-state index in [9.17, 15) is 18.9 Å². The number of aryl methyl sites for hydroxylation is 1. The maximum Gasteiger partial charge on any atom is 0.406 e. The Hall–Kier alpha value is -1.60. The van der Waals surface area contributed by atoms with Crippen molar-refractivity contribution in [1.82, 2.24) is 14.6 Å². The number of halogens is 3. The third-order valence-electron chi connectivity index (χ3n) is 6.21. The van der Waals surface area contributed by atoms with Crippen molar-refractivity contribution in [2.75, 3.05) is 13.2 Å². The minimum atomic E-state index is -4.33. The van der Waals surface area contributed by atoms with Gasteiger partial charge >= 0.3 is 19.4 Å². The van der Waals surface area contributed by atoms with Gasteiger partial charge in [0.25, 0.3) is 5.56 Å². The molecule has 2 N–H and O–H groups in total.